The molecule has 0 unspecified atom stereocenters. The van der Waals surface area contributed by atoms with Crippen molar-refractivity contribution in [2.24, 2.45) is 0 Å². The zero-order valence-electron chi connectivity index (χ0n) is 16.8. The number of hydrogen-bond donors (Lipinski definition) is 0. The lowest BCUT2D eigenvalue weighted by Crippen LogP contribution is -2.41. The molecule has 2 heterocycles. The van der Waals surface area contributed by atoms with Crippen LogP contribution in [-0.4, -0.2) is 57.6 Å². The number of thioether (sulfide) groups is 1. The van der Waals surface area contributed by atoms with Gasteiger partial charge >= 0.3 is 0 Å². The summed E-state index contributed by atoms with van der Waals surface area (Å²) in [5.41, 5.74) is 3.14. The Kier molecular flexibility index (Phi) is 6.72. The molecule has 0 saturated carbocycles. The first-order valence-corrected chi connectivity index (χ1v) is 11.3. The Morgan fingerprint density at radius 3 is 2.43 bits per heavy atom. The topological polar surface area (TPSA) is 60.2 Å². The van der Waals surface area contributed by atoms with Crippen LogP contribution < -0.4 is 0 Å². The van der Waals surface area contributed by atoms with Gasteiger partial charge < -0.3 is 9.64 Å². The summed E-state index contributed by atoms with van der Waals surface area (Å²) in [6.45, 7) is 4.60. The maximum absolute atomic E-state index is 12.6. The smallest absolute Gasteiger partial charge is 0.233 e. The van der Waals surface area contributed by atoms with E-state index >= 15 is 0 Å². The van der Waals surface area contributed by atoms with Crippen LogP contribution in [0, 0.1) is 0 Å². The first-order valence-electron chi connectivity index (χ1n) is 9.94. The molecule has 0 bridgehead atoms. The molecule has 30 heavy (non-hydrogen) atoms. The van der Waals surface area contributed by atoms with Crippen LogP contribution in [0.15, 0.2) is 53.7 Å². The summed E-state index contributed by atoms with van der Waals surface area (Å²) in [5, 5.41) is 10.2. The summed E-state index contributed by atoms with van der Waals surface area (Å²) >= 11 is 7.46. The highest BCUT2D eigenvalue weighted by molar-refractivity contribution is 7.99. The lowest BCUT2D eigenvalue weighted by atomic mass is 10.1. The van der Waals surface area contributed by atoms with E-state index < -0.39 is 0 Å². The van der Waals surface area contributed by atoms with Gasteiger partial charge in [0.15, 0.2) is 11.0 Å². The molecule has 1 fully saturated rings. The number of benzene rings is 2. The van der Waals surface area contributed by atoms with Crippen molar-refractivity contribution in [2.75, 3.05) is 32.1 Å². The summed E-state index contributed by atoms with van der Waals surface area (Å²) in [4.78, 5) is 14.4. The largest absolute Gasteiger partial charge is 0.378 e. The fourth-order valence-corrected chi connectivity index (χ4v) is 4.27. The number of morpholine rings is 1. The molecule has 0 atom stereocenters. The van der Waals surface area contributed by atoms with E-state index in [1.165, 1.54) is 17.3 Å². The first kappa shape index (κ1) is 20.9. The highest BCUT2D eigenvalue weighted by Crippen LogP contribution is 2.29. The fourth-order valence-electron chi connectivity index (χ4n) is 3.29. The maximum atomic E-state index is 12.6. The molecule has 8 heteroatoms. The third kappa shape index (κ3) is 4.69. The molecule has 6 nitrogen and oxygen atoms in total. The lowest BCUT2D eigenvalue weighted by Gasteiger charge is -2.26. The van der Waals surface area contributed by atoms with Crippen molar-refractivity contribution in [3.8, 4) is 17.1 Å². The summed E-state index contributed by atoms with van der Waals surface area (Å²) in [5.74, 6) is 1.12. The molecule has 3 aromatic rings. The minimum atomic E-state index is 0.0900. The van der Waals surface area contributed by atoms with E-state index in [0.29, 0.717) is 42.2 Å². The van der Waals surface area contributed by atoms with Crippen molar-refractivity contribution < 1.29 is 9.53 Å². The number of rotatable bonds is 6. The average molecular weight is 443 g/mol. The number of amides is 1. The normalized spacial score (nSPS) is 14.1. The van der Waals surface area contributed by atoms with Gasteiger partial charge in [-0.25, -0.2) is 0 Å². The van der Waals surface area contributed by atoms with Crippen LogP contribution in [-0.2, 0) is 16.0 Å². The second kappa shape index (κ2) is 9.64. The predicted molar refractivity (Wildman–Crippen MR) is 119 cm³/mol. The summed E-state index contributed by atoms with van der Waals surface area (Å²) in [6, 6.07) is 15.9. The monoisotopic (exact) mass is 442 g/mol. The van der Waals surface area contributed by atoms with Crippen molar-refractivity contribution in [3.63, 3.8) is 0 Å². The van der Waals surface area contributed by atoms with Crippen LogP contribution in [0.4, 0.5) is 0 Å². The highest BCUT2D eigenvalue weighted by Gasteiger charge is 2.20. The minimum Gasteiger partial charge on any atom is -0.378 e. The third-order valence-electron chi connectivity index (χ3n) is 5.03. The molecule has 4 rings (SSSR count). The molecule has 1 aromatic heterocycles. The van der Waals surface area contributed by atoms with Gasteiger partial charge in [0.2, 0.25) is 5.91 Å². The second-order valence-electron chi connectivity index (χ2n) is 6.95. The number of carbonyl (C=O) groups excluding carboxylic acids is 1. The Bertz CT molecular complexity index is 999. The molecular weight excluding hydrogens is 420 g/mol. The number of aryl methyl sites for hydroxylation is 1. The van der Waals surface area contributed by atoms with Gasteiger partial charge in [0.1, 0.15) is 0 Å². The van der Waals surface area contributed by atoms with E-state index in [1.54, 1.807) is 0 Å². The molecule has 2 aromatic carbocycles. The van der Waals surface area contributed by atoms with Crippen LogP contribution in [0.2, 0.25) is 5.02 Å². The molecule has 0 spiro atoms. The van der Waals surface area contributed by atoms with Crippen LogP contribution in [0.5, 0.6) is 0 Å². The van der Waals surface area contributed by atoms with Crippen molar-refractivity contribution in [1.29, 1.82) is 0 Å². The van der Waals surface area contributed by atoms with E-state index in [-0.39, 0.29) is 5.91 Å². The van der Waals surface area contributed by atoms with Crippen LogP contribution in [0.1, 0.15) is 12.5 Å². The number of aromatic nitrogens is 3. The predicted octanol–water partition coefficient (Wildman–Crippen LogP) is 4.10. The van der Waals surface area contributed by atoms with E-state index in [9.17, 15) is 4.79 Å². The zero-order valence-corrected chi connectivity index (χ0v) is 18.3. The third-order valence-corrected chi connectivity index (χ3v) is 6.19. The zero-order chi connectivity index (χ0) is 20.9. The van der Waals surface area contributed by atoms with Crippen LogP contribution in [0.25, 0.3) is 17.1 Å². The number of hydrogen-bond acceptors (Lipinski definition) is 5. The molecule has 1 amide bonds. The van der Waals surface area contributed by atoms with Gasteiger partial charge in [-0.1, -0.05) is 42.4 Å². The Labute approximate surface area is 185 Å². The number of ether oxygens (including phenoxy) is 1. The molecule has 0 aliphatic carbocycles. The van der Waals surface area contributed by atoms with Gasteiger partial charge in [-0.05, 0) is 48.4 Å². The Balaban J connectivity index is 1.63. The number of carbonyl (C=O) groups is 1. The van der Waals surface area contributed by atoms with Gasteiger partial charge in [0.05, 0.1) is 19.0 Å². The van der Waals surface area contributed by atoms with E-state index in [4.69, 9.17) is 16.3 Å². The number of nitrogens with zero attached hydrogens (tertiary/aromatic N) is 4. The van der Waals surface area contributed by atoms with Crippen molar-refractivity contribution >= 4 is 29.3 Å². The standard InChI is InChI=1S/C22H23ClN4O2S/c1-2-16-3-9-19(10-4-16)27-21(17-5-7-18(23)8-6-17)24-25-22(27)30-15-20(28)26-11-13-29-14-12-26/h3-10H,2,11-15H2,1H3. The molecule has 1 saturated heterocycles. The number of halogens is 1. The summed E-state index contributed by atoms with van der Waals surface area (Å²) in [7, 11) is 0. The lowest BCUT2D eigenvalue weighted by molar-refractivity contribution is -0.132. The Morgan fingerprint density at radius 1 is 1.07 bits per heavy atom. The van der Waals surface area contributed by atoms with Crippen molar-refractivity contribution in [3.05, 3.63) is 59.1 Å². The van der Waals surface area contributed by atoms with Crippen molar-refractivity contribution in [1.82, 2.24) is 19.7 Å². The second-order valence-corrected chi connectivity index (χ2v) is 8.33. The SMILES string of the molecule is CCc1ccc(-n2c(SCC(=O)N3CCOCC3)nnc2-c2ccc(Cl)cc2)cc1. The fraction of sp³-hybridized carbons (Fsp3) is 0.318. The van der Waals surface area contributed by atoms with Gasteiger partial charge in [-0.15, -0.1) is 10.2 Å². The summed E-state index contributed by atoms with van der Waals surface area (Å²) in [6.07, 6.45) is 0.974. The maximum Gasteiger partial charge on any atom is 0.233 e. The Hall–Kier alpha value is -2.35. The Morgan fingerprint density at radius 2 is 1.77 bits per heavy atom. The molecule has 1 aliphatic rings. The van der Waals surface area contributed by atoms with Crippen molar-refractivity contribution in [2.45, 2.75) is 18.5 Å². The van der Waals surface area contributed by atoms with Gasteiger partial charge in [0.25, 0.3) is 0 Å². The quantitative estimate of drug-likeness (QED) is 0.538. The van der Waals surface area contributed by atoms with Crippen LogP contribution >= 0.6 is 23.4 Å². The molecule has 0 N–H and O–H groups in total. The van der Waals surface area contributed by atoms with E-state index in [0.717, 1.165) is 23.5 Å². The van der Waals surface area contributed by atoms with E-state index in [1.807, 2.05) is 33.7 Å². The van der Waals surface area contributed by atoms with Gasteiger partial charge in [-0.2, -0.15) is 0 Å². The van der Waals surface area contributed by atoms with Gasteiger partial charge in [-0.3, -0.25) is 9.36 Å². The molecule has 1 aliphatic heterocycles. The molecule has 0 radical (unpaired) electrons. The minimum absolute atomic E-state index is 0.0900. The molecule has 156 valence electrons. The highest BCUT2D eigenvalue weighted by atomic mass is 35.5. The van der Waals surface area contributed by atoms with E-state index in [2.05, 4.69) is 41.4 Å². The average Bonchev–Trinajstić information content (AvgIpc) is 3.22. The first-order chi connectivity index (χ1) is 14.7. The molecular formula is C22H23ClN4O2S. The van der Waals surface area contributed by atoms with Crippen LogP contribution in [0.3, 0.4) is 0 Å². The van der Waals surface area contributed by atoms with Gasteiger partial charge in [0, 0.05) is 29.4 Å². The summed E-state index contributed by atoms with van der Waals surface area (Å²) < 4.78 is 7.33.